The minimum absolute atomic E-state index is 0.0936. The van der Waals surface area contributed by atoms with Gasteiger partial charge in [-0.25, -0.2) is 13.4 Å². The Bertz CT molecular complexity index is 1140. The van der Waals surface area contributed by atoms with Gasteiger partial charge in [0.15, 0.2) is 0 Å². The van der Waals surface area contributed by atoms with Crippen LogP contribution >= 0.6 is 11.3 Å². The number of sulfonamides is 1. The summed E-state index contributed by atoms with van der Waals surface area (Å²) in [7, 11) is -3.63. The molecular formula is C21H21N3O3S2. The lowest BCUT2D eigenvalue weighted by Gasteiger charge is -2.23. The Balaban J connectivity index is 1.44. The molecule has 3 heterocycles. The van der Waals surface area contributed by atoms with Crippen molar-refractivity contribution in [2.75, 3.05) is 18.0 Å². The number of fused-ring (bicyclic) bond motifs is 1. The van der Waals surface area contributed by atoms with Gasteiger partial charge in [0.2, 0.25) is 15.9 Å². The monoisotopic (exact) mass is 427 g/mol. The van der Waals surface area contributed by atoms with Crippen LogP contribution in [-0.4, -0.2) is 36.7 Å². The molecule has 1 atom stereocenters. The molecule has 0 radical (unpaired) electrons. The minimum Gasteiger partial charge on any atom is -0.312 e. The first-order chi connectivity index (χ1) is 14.0. The molecule has 0 N–H and O–H groups in total. The molecule has 2 aromatic carbocycles. The predicted octanol–water partition coefficient (Wildman–Crippen LogP) is 3.95. The lowest BCUT2D eigenvalue weighted by atomic mass is 10.2. The third-order valence-electron chi connectivity index (χ3n) is 5.63. The number of anilines is 1. The second-order valence-corrected chi connectivity index (χ2v) is 10.4. The summed E-state index contributed by atoms with van der Waals surface area (Å²) in [4.78, 5) is 18.6. The average Bonchev–Trinajstić information content (AvgIpc) is 3.46. The van der Waals surface area contributed by atoms with E-state index < -0.39 is 10.0 Å². The number of aromatic nitrogens is 1. The molecule has 1 amide bonds. The molecule has 0 spiro atoms. The van der Waals surface area contributed by atoms with Gasteiger partial charge in [-0.15, -0.1) is 11.3 Å². The quantitative estimate of drug-likeness (QED) is 0.632. The number of rotatable bonds is 4. The van der Waals surface area contributed by atoms with Crippen molar-refractivity contribution < 1.29 is 13.2 Å². The highest BCUT2D eigenvalue weighted by atomic mass is 32.2. The zero-order chi connectivity index (χ0) is 20.0. The van der Waals surface area contributed by atoms with Gasteiger partial charge in [-0.1, -0.05) is 12.1 Å². The SMILES string of the molecule is O=C1CCCN1c1ccc(S(=O)(=O)N2CCC[C@H]2c2nc3ccccc3s2)cc1. The van der Waals surface area contributed by atoms with Gasteiger partial charge < -0.3 is 4.90 Å². The number of thiazole rings is 1. The molecule has 1 aromatic heterocycles. The number of para-hydroxylation sites is 1. The zero-order valence-electron chi connectivity index (χ0n) is 15.8. The molecule has 150 valence electrons. The highest BCUT2D eigenvalue weighted by molar-refractivity contribution is 7.89. The van der Waals surface area contributed by atoms with E-state index in [-0.39, 0.29) is 16.8 Å². The largest absolute Gasteiger partial charge is 0.312 e. The van der Waals surface area contributed by atoms with E-state index in [1.54, 1.807) is 44.8 Å². The number of amides is 1. The van der Waals surface area contributed by atoms with E-state index in [1.807, 2.05) is 24.3 Å². The molecule has 5 rings (SSSR count). The van der Waals surface area contributed by atoms with Crippen LogP contribution in [0, 0.1) is 0 Å². The highest BCUT2D eigenvalue weighted by Gasteiger charge is 2.38. The molecule has 29 heavy (non-hydrogen) atoms. The lowest BCUT2D eigenvalue weighted by Crippen LogP contribution is -2.30. The highest BCUT2D eigenvalue weighted by Crippen LogP contribution is 2.39. The van der Waals surface area contributed by atoms with Gasteiger partial charge in [-0.2, -0.15) is 4.31 Å². The molecule has 2 saturated heterocycles. The van der Waals surface area contributed by atoms with Crippen molar-refractivity contribution in [3.63, 3.8) is 0 Å². The predicted molar refractivity (Wildman–Crippen MR) is 114 cm³/mol. The summed E-state index contributed by atoms with van der Waals surface area (Å²) in [6.07, 6.45) is 2.99. The smallest absolute Gasteiger partial charge is 0.243 e. The first-order valence-corrected chi connectivity index (χ1v) is 12.1. The third kappa shape index (κ3) is 3.25. The van der Waals surface area contributed by atoms with E-state index in [0.717, 1.165) is 40.2 Å². The number of hydrogen-bond donors (Lipinski definition) is 0. The van der Waals surface area contributed by atoms with E-state index in [4.69, 9.17) is 4.98 Å². The molecule has 0 aliphatic carbocycles. The second kappa shape index (κ2) is 7.19. The average molecular weight is 428 g/mol. The van der Waals surface area contributed by atoms with E-state index in [2.05, 4.69) is 0 Å². The van der Waals surface area contributed by atoms with Crippen LogP contribution in [0.1, 0.15) is 36.7 Å². The van der Waals surface area contributed by atoms with Crippen LogP contribution in [0.4, 0.5) is 5.69 Å². The van der Waals surface area contributed by atoms with E-state index >= 15 is 0 Å². The number of carbonyl (C=O) groups excluding carboxylic acids is 1. The van der Waals surface area contributed by atoms with Crippen molar-refractivity contribution in [2.24, 2.45) is 0 Å². The van der Waals surface area contributed by atoms with Gasteiger partial charge in [-0.3, -0.25) is 4.79 Å². The molecular weight excluding hydrogens is 406 g/mol. The number of nitrogens with zero attached hydrogens (tertiary/aromatic N) is 3. The van der Waals surface area contributed by atoms with Crippen LogP contribution in [0.15, 0.2) is 53.4 Å². The fraction of sp³-hybridized carbons (Fsp3) is 0.333. The molecule has 2 aliphatic heterocycles. The Kier molecular flexibility index (Phi) is 4.64. The fourth-order valence-corrected chi connectivity index (χ4v) is 7.00. The lowest BCUT2D eigenvalue weighted by molar-refractivity contribution is -0.117. The van der Waals surface area contributed by atoms with Crippen molar-refractivity contribution in [3.05, 3.63) is 53.5 Å². The normalized spacial score (nSPS) is 20.8. The molecule has 2 fully saturated rings. The maximum absolute atomic E-state index is 13.4. The Hall–Kier alpha value is -2.29. The van der Waals surface area contributed by atoms with Crippen LogP contribution in [-0.2, 0) is 14.8 Å². The molecule has 0 bridgehead atoms. The minimum atomic E-state index is -3.63. The van der Waals surface area contributed by atoms with Crippen molar-refractivity contribution in [3.8, 4) is 0 Å². The van der Waals surface area contributed by atoms with Crippen molar-refractivity contribution in [2.45, 2.75) is 36.6 Å². The maximum Gasteiger partial charge on any atom is 0.243 e. The number of carbonyl (C=O) groups is 1. The Labute approximate surface area is 173 Å². The Morgan fingerprint density at radius 3 is 2.52 bits per heavy atom. The summed E-state index contributed by atoms with van der Waals surface area (Å²) in [5, 5.41) is 0.853. The summed E-state index contributed by atoms with van der Waals surface area (Å²) >= 11 is 1.57. The summed E-state index contributed by atoms with van der Waals surface area (Å²) in [6.45, 7) is 1.19. The Morgan fingerprint density at radius 2 is 1.79 bits per heavy atom. The van der Waals surface area contributed by atoms with Crippen LogP contribution < -0.4 is 4.90 Å². The van der Waals surface area contributed by atoms with E-state index in [0.29, 0.717) is 19.5 Å². The van der Waals surface area contributed by atoms with Crippen LogP contribution in [0.25, 0.3) is 10.2 Å². The summed E-state index contributed by atoms with van der Waals surface area (Å²) in [5.41, 5.74) is 1.67. The van der Waals surface area contributed by atoms with E-state index in [9.17, 15) is 13.2 Å². The molecule has 3 aromatic rings. The third-order valence-corrected chi connectivity index (χ3v) is 8.69. The van der Waals surface area contributed by atoms with Crippen molar-refractivity contribution in [1.29, 1.82) is 0 Å². The molecule has 0 unspecified atom stereocenters. The van der Waals surface area contributed by atoms with Crippen molar-refractivity contribution in [1.82, 2.24) is 9.29 Å². The van der Waals surface area contributed by atoms with Gasteiger partial charge in [0.05, 0.1) is 21.2 Å². The first-order valence-electron chi connectivity index (χ1n) is 9.82. The summed E-state index contributed by atoms with van der Waals surface area (Å²) < 4.78 is 29.4. The zero-order valence-corrected chi connectivity index (χ0v) is 17.5. The van der Waals surface area contributed by atoms with E-state index in [1.165, 1.54) is 0 Å². The van der Waals surface area contributed by atoms with Crippen molar-refractivity contribution >= 4 is 43.2 Å². The Morgan fingerprint density at radius 1 is 1.00 bits per heavy atom. The molecule has 0 saturated carbocycles. The standard InChI is InChI=1S/C21H21N3O3S2/c25-20-8-4-13-23(20)15-9-11-16(12-10-15)29(26,27)24-14-3-6-18(24)21-22-17-5-1-2-7-19(17)28-21/h1-2,5,7,9-12,18H,3-4,6,8,13-14H2/t18-/m0/s1. The topological polar surface area (TPSA) is 70.6 Å². The van der Waals surface area contributed by atoms with Gasteiger partial charge >= 0.3 is 0 Å². The second-order valence-electron chi connectivity index (χ2n) is 7.44. The summed E-state index contributed by atoms with van der Waals surface area (Å²) in [5.74, 6) is 0.0936. The maximum atomic E-state index is 13.4. The number of hydrogen-bond acceptors (Lipinski definition) is 5. The summed E-state index contributed by atoms with van der Waals surface area (Å²) in [6, 6.07) is 14.4. The van der Waals surface area contributed by atoms with Gasteiger partial charge in [-0.05, 0) is 55.7 Å². The molecule has 8 heteroatoms. The molecule has 2 aliphatic rings. The van der Waals surface area contributed by atoms with Gasteiger partial charge in [0.1, 0.15) is 5.01 Å². The van der Waals surface area contributed by atoms with Gasteiger partial charge in [0.25, 0.3) is 0 Å². The fourth-order valence-electron chi connectivity index (χ4n) is 4.16. The van der Waals surface area contributed by atoms with Crippen LogP contribution in [0.2, 0.25) is 0 Å². The molecule has 6 nitrogen and oxygen atoms in total. The van der Waals surface area contributed by atoms with Gasteiger partial charge in [0, 0.05) is 25.2 Å². The van der Waals surface area contributed by atoms with Crippen LogP contribution in [0.3, 0.4) is 0 Å². The van der Waals surface area contributed by atoms with Crippen LogP contribution in [0.5, 0.6) is 0 Å². The first kappa shape index (κ1) is 18.7. The number of benzene rings is 2.